The number of hydrogen-bond acceptors (Lipinski definition) is 4. The molecule has 1 amide bonds. The van der Waals surface area contributed by atoms with Gasteiger partial charge in [-0.15, -0.1) is 0 Å². The van der Waals surface area contributed by atoms with E-state index in [1.807, 2.05) is 55.6 Å². The SMILES string of the molecule is Cc1ccc(C2CN(C(=O)COc3ccccc3)CCO2)nc1. The van der Waals surface area contributed by atoms with Gasteiger partial charge < -0.3 is 14.4 Å². The second kappa shape index (κ2) is 7.24. The Balaban J connectivity index is 1.57. The van der Waals surface area contributed by atoms with Crippen molar-refractivity contribution in [1.29, 1.82) is 0 Å². The first-order valence-corrected chi connectivity index (χ1v) is 7.72. The van der Waals surface area contributed by atoms with Crippen LogP contribution in [0.1, 0.15) is 17.4 Å². The van der Waals surface area contributed by atoms with E-state index in [1.165, 1.54) is 0 Å². The standard InChI is InChI=1S/C18H20N2O3/c1-14-7-8-16(19-11-14)17-12-20(9-10-22-17)18(21)13-23-15-5-3-2-4-6-15/h2-8,11,17H,9-10,12-13H2,1H3. The van der Waals surface area contributed by atoms with Crippen molar-refractivity contribution in [2.45, 2.75) is 13.0 Å². The molecular weight excluding hydrogens is 292 g/mol. The van der Waals surface area contributed by atoms with Crippen LogP contribution < -0.4 is 4.74 Å². The lowest BCUT2D eigenvalue weighted by atomic mass is 10.1. The zero-order valence-electron chi connectivity index (χ0n) is 13.1. The summed E-state index contributed by atoms with van der Waals surface area (Å²) in [6, 6.07) is 13.3. The van der Waals surface area contributed by atoms with Crippen LogP contribution in [0.15, 0.2) is 48.7 Å². The van der Waals surface area contributed by atoms with E-state index in [0.717, 1.165) is 11.3 Å². The number of carbonyl (C=O) groups is 1. The fraction of sp³-hybridized carbons (Fsp3) is 0.333. The Morgan fingerprint density at radius 3 is 2.87 bits per heavy atom. The minimum Gasteiger partial charge on any atom is -0.484 e. The summed E-state index contributed by atoms with van der Waals surface area (Å²) in [5, 5.41) is 0. The minimum atomic E-state index is -0.176. The summed E-state index contributed by atoms with van der Waals surface area (Å²) >= 11 is 0. The molecule has 3 rings (SSSR count). The Labute approximate surface area is 135 Å². The van der Waals surface area contributed by atoms with Crippen molar-refractivity contribution in [3.8, 4) is 5.75 Å². The van der Waals surface area contributed by atoms with Crippen LogP contribution in [0.25, 0.3) is 0 Å². The average Bonchev–Trinajstić information content (AvgIpc) is 2.61. The first-order chi connectivity index (χ1) is 11.2. The van der Waals surface area contributed by atoms with Gasteiger partial charge in [-0.2, -0.15) is 0 Å². The van der Waals surface area contributed by atoms with Crippen molar-refractivity contribution in [2.24, 2.45) is 0 Å². The molecule has 1 unspecified atom stereocenters. The summed E-state index contributed by atoms with van der Waals surface area (Å²) < 4.78 is 11.3. The van der Waals surface area contributed by atoms with Gasteiger partial charge in [0.25, 0.3) is 5.91 Å². The van der Waals surface area contributed by atoms with Gasteiger partial charge in [0.15, 0.2) is 6.61 Å². The molecule has 0 spiro atoms. The topological polar surface area (TPSA) is 51.7 Å². The molecule has 0 radical (unpaired) electrons. The first-order valence-electron chi connectivity index (χ1n) is 7.72. The summed E-state index contributed by atoms with van der Waals surface area (Å²) in [4.78, 5) is 18.5. The molecule has 0 N–H and O–H groups in total. The lowest BCUT2D eigenvalue weighted by molar-refractivity contribution is -0.141. The smallest absolute Gasteiger partial charge is 0.260 e. The number of carbonyl (C=O) groups excluding carboxylic acids is 1. The highest BCUT2D eigenvalue weighted by Crippen LogP contribution is 2.21. The van der Waals surface area contributed by atoms with Crippen LogP contribution in [-0.4, -0.2) is 42.1 Å². The quantitative estimate of drug-likeness (QED) is 0.870. The third-order valence-corrected chi connectivity index (χ3v) is 3.79. The highest BCUT2D eigenvalue weighted by molar-refractivity contribution is 5.77. The predicted molar refractivity (Wildman–Crippen MR) is 86.2 cm³/mol. The van der Waals surface area contributed by atoms with Gasteiger partial charge >= 0.3 is 0 Å². The van der Waals surface area contributed by atoms with Crippen molar-refractivity contribution in [1.82, 2.24) is 9.88 Å². The van der Waals surface area contributed by atoms with Crippen molar-refractivity contribution in [3.05, 3.63) is 59.9 Å². The second-order valence-electron chi connectivity index (χ2n) is 5.56. The van der Waals surface area contributed by atoms with Gasteiger partial charge in [0, 0.05) is 12.7 Å². The van der Waals surface area contributed by atoms with Crippen molar-refractivity contribution in [3.63, 3.8) is 0 Å². The van der Waals surface area contributed by atoms with Crippen LogP contribution in [0.5, 0.6) is 5.75 Å². The van der Waals surface area contributed by atoms with Gasteiger partial charge in [-0.3, -0.25) is 9.78 Å². The number of nitrogens with zero attached hydrogens (tertiary/aromatic N) is 2. The molecule has 120 valence electrons. The van der Waals surface area contributed by atoms with Crippen LogP contribution in [0.4, 0.5) is 0 Å². The third kappa shape index (κ3) is 4.07. The maximum atomic E-state index is 12.3. The van der Waals surface area contributed by atoms with Crippen LogP contribution >= 0.6 is 0 Å². The van der Waals surface area contributed by atoms with Crippen LogP contribution in [0.2, 0.25) is 0 Å². The molecule has 0 aliphatic carbocycles. The second-order valence-corrected chi connectivity index (χ2v) is 5.56. The number of pyridine rings is 1. The molecule has 1 saturated heterocycles. The van der Waals surface area contributed by atoms with Crippen molar-refractivity contribution < 1.29 is 14.3 Å². The molecule has 1 aromatic heterocycles. The molecule has 1 fully saturated rings. The van der Waals surface area contributed by atoms with Gasteiger partial charge in [0.2, 0.25) is 0 Å². The van der Waals surface area contributed by atoms with Crippen molar-refractivity contribution >= 4 is 5.91 Å². The Hall–Kier alpha value is -2.40. The number of para-hydroxylation sites is 1. The number of aromatic nitrogens is 1. The van der Waals surface area contributed by atoms with E-state index in [2.05, 4.69) is 4.98 Å². The molecule has 1 aromatic carbocycles. The highest BCUT2D eigenvalue weighted by Gasteiger charge is 2.26. The highest BCUT2D eigenvalue weighted by atomic mass is 16.5. The van der Waals surface area contributed by atoms with Gasteiger partial charge in [0.1, 0.15) is 11.9 Å². The van der Waals surface area contributed by atoms with E-state index < -0.39 is 0 Å². The zero-order valence-corrected chi connectivity index (χ0v) is 13.1. The number of amides is 1. The van der Waals surface area contributed by atoms with Crippen LogP contribution in [0.3, 0.4) is 0 Å². The van der Waals surface area contributed by atoms with Crippen LogP contribution in [-0.2, 0) is 9.53 Å². The van der Waals surface area contributed by atoms with Gasteiger partial charge in [0.05, 0.1) is 18.8 Å². The Morgan fingerprint density at radius 2 is 2.13 bits per heavy atom. The summed E-state index contributed by atoms with van der Waals surface area (Å²) in [6.45, 7) is 3.64. The van der Waals surface area contributed by atoms with E-state index in [9.17, 15) is 4.79 Å². The maximum Gasteiger partial charge on any atom is 0.260 e. The van der Waals surface area contributed by atoms with Crippen LogP contribution in [0, 0.1) is 6.92 Å². The molecule has 5 heteroatoms. The summed E-state index contributed by atoms with van der Waals surface area (Å²) in [7, 11) is 0. The van der Waals surface area contributed by atoms with Crippen molar-refractivity contribution in [2.75, 3.05) is 26.3 Å². The predicted octanol–water partition coefficient (Wildman–Crippen LogP) is 2.37. The Morgan fingerprint density at radius 1 is 1.30 bits per heavy atom. The fourth-order valence-electron chi connectivity index (χ4n) is 2.48. The van der Waals surface area contributed by atoms with Gasteiger partial charge in [-0.1, -0.05) is 24.3 Å². The molecule has 1 atom stereocenters. The first kappa shape index (κ1) is 15.5. The minimum absolute atomic E-state index is 0.0331. The number of benzene rings is 1. The maximum absolute atomic E-state index is 12.3. The molecule has 1 aliphatic rings. The summed E-state index contributed by atoms with van der Waals surface area (Å²) in [6.07, 6.45) is 1.64. The van der Waals surface area contributed by atoms with E-state index >= 15 is 0 Å². The molecular formula is C18H20N2O3. The lowest BCUT2D eigenvalue weighted by Crippen LogP contribution is -2.44. The Kier molecular flexibility index (Phi) is 4.88. The third-order valence-electron chi connectivity index (χ3n) is 3.79. The number of rotatable bonds is 4. The average molecular weight is 312 g/mol. The van der Waals surface area contributed by atoms with Gasteiger partial charge in [-0.05, 0) is 30.7 Å². The Bertz CT molecular complexity index is 643. The van der Waals surface area contributed by atoms with E-state index in [4.69, 9.17) is 9.47 Å². The molecule has 1 aliphatic heterocycles. The number of aryl methyl sites for hydroxylation is 1. The zero-order chi connectivity index (χ0) is 16.1. The number of hydrogen-bond donors (Lipinski definition) is 0. The van der Waals surface area contributed by atoms with E-state index in [1.54, 1.807) is 4.90 Å². The molecule has 5 nitrogen and oxygen atoms in total. The molecule has 23 heavy (non-hydrogen) atoms. The fourth-order valence-corrected chi connectivity index (χ4v) is 2.48. The summed E-state index contributed by atoms with van der Waals surface area (Å²) in [5.74, 6) is 0.667. The lowest BCUT2D eigenvalue weighted by Gasteiger charge is -2.32. The van der Waals surface area contributed by atoms with Gasteiger partial charge in [-0.25, -0.2) is 0 Å². The van der Waals surface area contributed by atoms with E-state index in [-0.39, 0.29) is 18.6 Å². The number of ether oxygens (including phenoxy) is 2. The normalized spacial score (nSPS) is 17.8. The monoisotopic (exact) mass is 312 g/mol. The number of morpholine rings is 1. The largest absolute Gasteiger partial charge is 0.484 e. The summed E-state index contributed by atoms with van der Waals surface area (Å²) in [5.41, 5.74) is 1.96. The van der Waals surface area contributed by atoms with E-state index in [0.29, 0.717) is 25.4 Å². The molecule has 0 saturated carbocycles. The molecule has 2 aromatic rings. The molecule has 0 bridgehead atoms. The molecule has 2 heterocycles.